The zero-order valence-electron chi connectivity index (χ0n) is 17.0. The van der Waals surface area contributed by atoms with Crippen LogP contribution in [0.5, 0.6) is 0 Å². The van der Waals surface area contributed by atoms with E-state index in [4.69, 9.17) is 0 Å². The third-order valence-corrected chi connectivity index (χ3v) is 5.24. The predicted octanol–water partition coefficient (Wildman–Crippen LogP) is 1.20. The third-order valence-electron chi connectivity index (χ3n) is 5.24. The maximum Gasteiger partial charge on any atom is 0.270 e. The zero-order valence-corrected chi connectivity index (χ0v) is 17.0. The molecule has 2 aromatic rings. The van der Waals surface area contributed by atoms with Crippen molar-refractivity contribution in [3.05, 3.63) is 29.1 Å². The van der Waals surface area contributed by atoms with Gasteiger partial charge < -0.3 is 4.90 Å². The van der Waals surface area contributed by atoms with Gasteiger partial charge in [-0.05, 0) is 5.92 Å². The van der Waals surface area contributed by atoms with Gasteiger partial charge in [-0.15, -0.1) is 0 Å². The average Bonchev–Trinajstić information content (AvgIpc) is 3.37. The molecular weight excluding hydrogens is 372 g/mol. The van der Waals surface area contributed by atoms with Crippen molar-refractivity contribution < 1.29 is 9.59 Å². The third kappa shape index (κ3) is 3.79. The van der Waals surface area contributed by atoms with E-state index < -0.39 is 0 Å². The summed E-state index contributed by atoms with van der Waals surface area (Å²) in [5.74, 6) is 1.38. The largest absolute Gasteiger partial charge is 0.332 e. The Morgan fingerprint density at radius 2 is 2.14 bits per heavy atom. The minimum absolute atomic E-state index is 0.0308. The van der Waals surface area contributed by atoms with Crippen molar-refractivity contribution in [1.82, 2.24) is 35.3 Å². The van der Waals surface area contributed by atoms with Crippen molar-refractivity contribution in [3.63, 3.8) is 0 Å². The van der Waals surface area contributed by atoms with E-state index in [2.05, 4.69) is 30.5 Å². The van der Waals surface area contributed by atoms with Gasteiger partial charge in [0, 0.05) is 44.5 Å². The minimum atomic E-state index is -0.181. The molecule has 2 aromatic heterocycles. The first-order valence-electron chi connectivity index (χ1n) is 10.1. The average molecular weight is 398 g/mol. The molecule has 0 fully saturated rings. The molecule has 1 atom stereocenters. The van der Waals surface area contributed by atoms with Crippen LogP contribution in [0.4, 0.5) is 0 Å². The van der Waals surface area contributed by atoms with Crippen molar-refractivity contribution in [2.75, 3.05) is 13.1 Å². The molecule has 0 saturated carbocycles. The fraction of sp³-hybridized carbons (Fsp3) is 0.579. The lowest BCUT2D eigenvalue weighted by Crippen LogP contribution is -2.45. The highest BCUT2D eigenvalue weighted by Crippen LogP contribution is 2.30. The van der Waals surface area contributed by atoms with Crippen LogP contribution in [0.1, 0.15) is 62.4 Å². The number of hydrogen-bond donors (Lipinski definition) is 2. The fourth-order valence-corrected chi connectivity index (χ4v) is 3.75. The Hall–Kier alpha value is -3.04. The van der Waals surface area contributed by atoms with Gasteiger partial charge in [0.25, 0.3) is 5.91 Å². The summed E-state index contributed by atoms with van der Waals surface area (Å²) in [5.41, 5.74) is 2.32. The van der Waals surface area contributed by atoms with Gasteiger partial charge in [0.05, 0.1) is 17.8 Å². The van der Waals surface area contributed by atoms with Crippen molar-refractivity contribution in [2.45, 2.75) is 52.5 Å². The molecule has 2 N–H and O–H groups in total. The van der Waals surface area contributed by atoms with Crippen LogP contribution in [0.25, 0.3) is 0 Å². The van der Waals surface area contributed by atoms with Crippen molar-refractivity contribution in [2.24, 2.45) is 11.0 Å². The van der Waals surface area contributed by atoms with E-state index in [1.54, 1.807) is 11.1 Å². The molecular formula is C19H26N8O2. The number of nitrogens with one attached hydrogen (secondary N) is 2. The Morgan fingerprint density at radius 1 is 1.31 bits per heavy atom. The smallest absolute Gasteiger partial charge is 0.270 e. The van der Waals surface area contributed by atoms with Gasteiger partial charge in [0.1, 0.15) is 11.5 Å². The molecule has 2 aliphatic heterocycles. The summed E-state index contributed by atoms with van der Waals surface area (Å²) < 4.78 is 0. The first-order chi connectivity index (χ1) is 14.0. The summed E-state index contributed by atoms with van der Waals surface area (Å²) in [4.78, 5) is 31.7. The van der Waals surface area contributed by atoms with Gasteiger partial charge >= 0.3 is 0 Å². The molecule has 2 aliphatic rings. The Kier molecular flexibility index (Phi) is 5.16. The number of hydrazone groups is 1. The van der Waals surface area contributed by atoms with Crippen molar-refractivity contribution in [3.8, 4) is 0 Å². The predicted molar refractivity (Wildman–Crippen MR) is 105 cm³/mol. The molecule has 2 amide bonds. The molecule has 0 bridgehead atoms. The highest BCUT2D eigenvalue weighted by atomic mass is 16.2. The molecule has 0 aromatic carbocycles. The zero-order chi connectivity index (χ0) is 20.5. The first-order valence-corrected chi connectivity index (χ1v) is 10.1. The van der Waals surface area contributed by atoms with E-state index in [9.17, 15) is 9.59 Å². The number of aromatic amines is 2. The summed E-state index contributed by atoms with van der Waals surface area (Å²) in [7, 11) is 0. The molecule has 0 saturated heterocycles. The maximum absolute atomic E-state index is 13.2. The van der Waals surface area contributed by atoms with Crippen LogP contribution in [0.3, 0.4) is 0 Å². The number of nitrogens with zero attached hydrogens (tertiary/aromatic N) is 6. The minimum Gasteiger partial charge on any atom is -0.332 e. The number of aryl methyl sites for hydroxylation is 1. The molecule has 154 valence electrons. The van der Waals surface area contributed by atoms with E-state index in [0.29, 0.717) is 44.0 Å². The molecule has 0 radical (unpaired) electrons. The Morgan fingerprint density at radius 3 is 2.86 bits per heavy atom. The Balaban J connectivity index is 1.59. The van der Waals surface area contributed by atoms with Crippen molar-refractivity contribution in [1.29, 1.82) is 0 Å². The number of amides is 2. The topological polar surface area (TPSA) is 123 Å². The van der Waals surface area contributed by atoms with Crippen LogP contribution in [-0.2, 0) is 22.6 Å². The molecule has 4 rings (SSSR count). The summed E-state index contributed by atoms with van der Waals surface area (Å²) >= 11 is 0. The summed E-state index contributed by atoms with van der Waals surface area (Å²) in [6.45, 7) is 7.46. The van der Waals surface area contributed by atoms with Gasteiger partial charge in [-0.2, -0.15) is 15.3 Å². The second-order valence-electron chi connectivity index (χ2n) is 7.96. The number of hydrogen-bond acceptors (Lipinski definition) is 6. The molecule has 4 heterocycles. The van der Waals surface area contributed by atoms with Gasteiger partial charge in [-0.25, -0.2) is 9.99 Å². The van der Waals surface area contributed by atoms with E-state index in [-0.39, 0.29) is 23.7 Å². The lowest BCUT2D eigenvalue weighted by molar-refractivity contribution is -0.132. The highest BCUT2D eigenvalue weighted by Gasteiger charge is 2.36. The quantitative estimate of drug-likeness (QED) is 0.783. The first kappa shape index (κ1) is 19.3. The normalized spacial score (nSPS) is 19.5. The van der Waals surface area contributed by atoms with Crippen LogP contribution >= 0.6 is 0 Å². The number of carbonyl (C=O) groups excluding carboxylic acids is 2. The summed E-state index contributed by atoms with van der Waals surface area (Å²) in [5, 5.41) is 20.3. The summed E-state index contributed by atoms with van der Waals surface area (Å²) in [6, 6.07) is 0. The number of fused-ring (bicyclic) bond motifs is 1. The molecule has 29 heavy (non-hydrogen) atoms. The fourth-order valence-electron chi connectivity index (χ4n) is 3.75. The van der Waals surface area contributed by atoms with E-state index in [0.717, 1.165) is 23.5 Å². The second kappa shape index (κ2) is 7.76. The van der Waals surface area contributed by atoms with Gasteiger partial charge in [0.2, 0.25) is 5.91 Å². The van der Waals surface area contributed by atoms with Gasteiger partial charge in [-0.1, -0.05) is 20.8 Å². The Bertz CT molecular complexity index is 944. The molecule has 0 aliphatic carbocycles. The van der Waals surface area contributed by atoms with Gasteiger partial charge in [0.15, 0.2) is 5.82 Å². The lowest BCUT2D eigenvalue weighted by Gasteiger charge is -2.33. The maximum atomic E-state index is 13.2. The standard InChI is InChI=1S/C19H26N8O2/c1-4-15-21-18(24-22-15)13-10-26(9-12-7-20-23-17(12)13)19(29)14-5-6-16(28)27(25-14)8-11(2)3/h7,11,13H,4-6,8-10H2,1-3H3,(H,20,23)(H,21,22,24). The second-order valence-corrected chi connectivity index (χ2v) is 7.96. The van der Waals surface area contributed by atoms with Gasteiger partial charge in [-0.3, -0.25) is 19.8 Å². The number of H-pyrrole nitrogens is 2. The van der Waals surface area contributed by atoms with E-state index in [1.807, 2.05) is 20.8 Å². The number of rotatable bonds is 5. The van der Waals surface area contributed by atoms with Crippen LogP contribution in [0.2, 0.25) is 0 Å². The lowest BCUT2D eigenvalue weighted by atomic mass is 9.95. The molecule has 1 unspecified atom stereocenters. The summed E-state index contributed by atoms with van der Waals surface area (Å²) in [6.07, 6.45) is 3.18. The highest BCUT2D eigenvalue weighted by molar-refractivity contribution is 6.39. The van der Waals surface area contributed by atoms with Crippen LogP contribution < -0.4 is 0 Å². The van der Waals surface area contributed by atoms with Crippen LogP contribution in [-0.4, -0.2) is 65.9 Å². The van der Waals surface area contributed by atoms with Crippen LogP contribution in [0, 0.1) is 5.92 Å². The number of aromatic nitrogens is 5. The van der Waals surface area contributed by atoms with Crippen LogP contribution in [0.15, 0.2) is 11.3 Å². The van der Waals surface area contributed by atoms with E-state index >= 15 is 0 Å². The Labute approximate surface area is 168 Å². The van der Waals surface area contributed by atoms with E-state index in [1.165, 1.54) is 5.01 Å². The number of carbonyl (C=O) groups is 2. The molecule has 10 heteroatoms. The monoisotopic (exact) mass is 398 g/mol. The SMILES string of the molecule is CCc1nc(C2CN(C(=O)C3=NN(CC(C)C)C(=O)CC3)Cc3cn[nH]c32)n[nH]1. The molecule has 0 spiro atoms. The van der Waals surface area contributed by atoms with Crippen molar-refractivity contribution >= 4 is 17.5 Å². The molecule has 10 nitrogen and oxygen atoms in total.